The molecule has 0 bridgehead atoms. The van der Waals surface area contributed by atoms with Gasteiger partial charge in [0.25, 0.3) is 0 Å². The van der Waals surface area contributed by atoms with Crippen molar-refractivity contribution in [3.05, 3.63) is 18.1 Å². The van der Waals surface area contributed by atoms with Gasteiger partial charge in [0.1, 0.15) is 5.03 Å². The lowest BCUT2D eigenvalue weighted by atomic mass is 10.4. The zero-order chi connectivity index (χ0) is 9.97. The van der Waals surface area contributed by atoms with Crippen molar-refractivity contribution in [1.82, 2.24) is 15.3 Å². The molecule has 6 heteroatoms. The van der Waals surface area contributed by atoms with Gasteiger partial charge in [-0.05, 0) is 19.9 Å². The van der Waals surface area contributed by atoms with Crippen molar-refractivity contribution in [3.8, 4) is 0 Å². The topological polar surface area (TPSA) is 54.9 Å². The highest BCUT2D eigenvalue weighted by molar-refractivity contribution is 7.85. The van der Waals surface area contributed by atoms with Gasteiger partial charge < -0.3 is 5.32 Å². The minimum absolute atomic E-state index is 0. The fourth-order valence-electron chi connectivity index (χ4n) is 1.56. The Kier molecular flexibility index (Phi) is 4.63. The van der Waals surface area contributed by atoms with Crippen molar-refractivity contribution >= 4 is 23.2 Å². The Balaban J connectivity index is 0.00000112. The van der Waals surface area contributed by atoms with Crippen molar-refractivity contribution in [1.29, 1.82) is 0 Å². The van der Waals surface area contributed by atoms with Crippen molar-refractivity contribution in [2.24, 2.45) is 0 Å². The minimum Gasteiger partial charge on any atom is -0.315 e. The smallest absolute Gasteiger partial charge is 0.148 e. The summed E-state index contributed by atoms with van der Waals surface area (Å²) < 4.78 is 12.0. The molecule has 2 rings (SSSR count). The maximum atomic E-state index is 12.0. The highest BCUT2D eigenvalue weighted by Gasteiger charge is 2.24. The van der Waals surface area contributed by atoms with Gasteiger partial charge in [-0.3, -0.25) is 9.19 Å². The molecule has 1 aromatic heterocycles. The normalized spacial score (nSPS) is 22.1. The lowest BCUT2D eigenvalue weighted by Gasteiger charge is -2.08. The molecular weight excluding hydrogens is 234 g/mol. The molecule has 0 amide bonds. The second-order valence-electron chi connectivity index (χ2n) is 3.36. The summed E-state index contributed by atoms with van der Waals surface area (Å²) in [6.45, 7) is 3.63. The monoisotopic (exact) mass is 247 g/mol. The van der Waals surface area contributed by atoms with Crippen LogP contribution in [0.25, 0.3) is 0 Å². The number of rotatable bonds is 2. The maximum Gasteiger partial charge on any atom is 0.148 e. The average Bonchev–Trinajstić information content (AvgIpc) is 2.70. The van der Waals surface area contributed by atoms with E-state index in [4.69, 9.17) is 0 Å². The van der Waals surface area contributed by atoms with E-state index in [0.29, 0.717) is 5.03 Å². The van der Waals surface area contributed by atoms with E-state index >= 15 is 0 Å². The average molecular weight is 248 g/mol. The summed E-state index contributed by atoms with van der Waals surface area (Å²) >= 11 is 0. The van der Waals surface area contributed by atoms with E-state index in [1.54, 1.807) is 12.4 Å². The molecule has 0 spiro atoms. The van der Waals surface area contributed by atoms with E-state index in [2.05, 4.69) is 15.3 Å². The SMILES string of the molecule is Cc1nccnc1[S@@](=O)[C@@H]1CCNC1.Cl. The van der Waals surface area contributed by atoms with Crippen LogP contribution in [-0.2, 0) is 10.8 Å². The number of halogens is 1. The second kappa shape index (κ2) is 5.53. The van der Waals surface area contributed by atoms with Gasteiger partial charge in [0.05, 0.1) is 21.7 Å². The fraction of sp³-hybridized carbons (Fsp3) is 0.556. The summed E-state index contributed by atoms with van der Waals surface area (Å²) in [6, 6.07) is 0. The number of aromatic nitrogens is 2. The van der Waals surface area contributed by atoms with Crippen LogP contribution < -0.4 is 5.32 Å². The highest BCUT2D eigenvalue weighted by atomic mass is 35.5. The van der Waals surface area contributed by atoms with Crippen LogP contribution in [0.5, 0.6) is 0 Å². The Bertz CT molecular complexity index is 355. The van der Waals surface area contributed by atoms with Crippen molar-refractivity contribution in [3.63, 3.8) is 0 Å². The van der Waals surface area contributed by atoms with E-state index in [-0.39, 0.29) is 17.7 Å². The van der Waals surface area contributed by atoms with Gasteiger partial charge in [0.15, 0.2) is 0 Å². The summed E-state index contributed by atoms with van der Waals surface area (Å²) in [5, 5.41) is 4.04. The molecule has 2 atom stereocenters. The van der Waals surface area contributed by atoms with Crippen LogP contribution >= 0.6 is 12.4 Å². The van der Waals surface area contributed by atoms with E-state index in [9.17, 15) is 4.21 Å². The Hall–Kier alpha value is -0.520. The van der Waals surface area contributed by atoms with Gasteiger partial charge in [-0.2, -0.15) is 0 Å². The van der Waals surface area contributed by atoms with E-state index in [0.717, 1.165) is 25.2 Å². The first-order valence-electron chi connectivity index (χ1n) is 4.68. The molecule has 0 aromatic carbocycles. The number of hydrogen-bond donors (Lipinski definition) is 1. The standard InChI is InChI=1S/C9H13N3OS.ClH/c1-7-9(12-5-4-11-7)14(13)8-2-3-10-6-8;/h4-5,8,10H,2-3,6H2,1H3;1H/t8-,14+;/m1./s1. The zero-order valence-corrected chi connectivity index (χ0v) is 10.1. The lowest BCUT2D eigenvalue weighted by molar-refractivity contribution is 0.667. The van der Waals surface area contributed by atoms with E-state index in [1.807, 2.05) is 6.92 Å². The Morgan fingerprint density at radius 1 is 1.47 bits per heavy atom. The first kappa shape index (κ1) is 12.5. The third kappa shape index (κ3) is 2.74. The third-order valence-corrected chi connectivity index (χ3v) is 4.13. The van der Waals surface area contributed by atoms with Crippen LogP contribution in [0.4, 0.5) is 0 Å². The molecule has 0 radical (unpaired) electrons. The molecule has 1 N–H and O–H groups in total. The van der Waals surface area contributed by atoms with E-state index < -0.39 is 10.8 Å². The minimum atomic E-state index is -1.01. The molecule has 1 aliphatic rings. The van der Waals surface area contributed by atoms with Crippen LogP contribution in [0.3, 0.4) is 0 Å². The third-order valence-electron chi connectivity index (χ3n) is 2.34. The molecule has 1 aliphatic heterocycles. The van der Waals surface area contributed by atoms with Crippen LogP contribution in [0.2, 0.25) is 0 Å². The summed E-state index contributed by atoms with van der Waals surface area (Å²) in [4.78, 5) is 8.23. The Morgan fingerprint density at radius 2 is 2.20 bits per heavy atom. The molecule has 0 saturated carbocycles. The zero-order valence-electron chi connectivity index (χ0n) is 8.47. The first-order chi connectivity index (χ1) is 6.79. The molecule has 15 heavy (non-hydrogen) atoms. The molecule has 84 valence electrons. The van der Waals surface area contributed by atoms with Gasteiger partial charge in [-0.1, -0.05) is 0 Å². The molecule has 0 aliphatic carbocycles. The molecule has 4 nitrogen and oxygen atoms in total. The van der Waals surface area contributed by atoms with Crippen LogP contribution in [-0.4, -0.2) is 32.5 Å². The summed E-state index contributed by atoms with van der Waals surface area (Å²) in [7, 11) is -1.01. The van der Waals surface area contributed by atoms with Crippen LogP contribution in [0, 0.1) is 6.92 Å². The maximum absolute atomic E-state index is 12.0. The van der Waals surface area contributed by atoms with Gasteiger partial charge >= 0.3 is 0 Å². The highest BCUT2D eigenvalue weighted by Crippen LogP contribution is 2.15. The van der Waals surface area contributed by atoms with Crippen molar-refractivity contribution < 1.29 is 4.21 Å². The largest absolute Gasteiger partial charge is 0.315 e. The first-order valence-corrected chi connectivity index (χ1v) is 5.89. The summed E-state index contributed by atoms with van der Waals surface area (Å²) in [6.07, 6.45) is 4.19. The number of aryl methyl sites for hydroxylation is 1. The Labute approximate surface area is 97.8 Å². The van der Waals surface area contributed by atoms with Crippen LogP contribution in [0.1, 0.15) is 12.1 Å². The lowest BCUT2D eigenvalue weighted by Crippen LogP contribution is -2.20. The number of nitrogens with one attached hydrogen (secondary N) is 1. The van der Waals surface area contributed by atoms with Crippen molar-refractivity contribution in [2.75, 3.05) is 13.1 Å². The summed E-state index contributed by atoms with van der Waals surface area (Å²) in [5.74, 6) is 0. The summed E-state index contributed by atoms with van der Waals surface area (Å²) in [5.41, 5.74) is 0.776. The molecule has 2 heterocycles. The number of nitrogens with zero attached hydrogens (tertiary/aromatic N) is 2. The number of hydrogen-bond acceptors (Lipinski definition) is 4. The van der Waals surface area contributed by atoms with Gasteiger partial charge in [-0.25, -0.2) is 4.98 Å². The molecule has 1 fully saturated rings. The van der Waals surface area contributed by atoms with Gasteiger partial charge in [-0.15, -0.1) is 12.4 Å². The van der Waals surface area contributed by atoms with Crippen molar-refractivity contribution in [2.45, 2.75) is 23.6 Å². The molecule has 1 aromatic rings. The van der Waals surface area contributed by atoms with Gasteiger partial charge in [0.2, 0.25) is 0 Å². The predicted molar refractivity (Wildman–Crippen MR) is 61.7 cm³/mol. The quantitative estimate of drug-likeness (QED) is 0.835. The van der Waals surface area contributed by atoms with Crippen LogP contribution in [0.15, 0.2) is 17.4 Å². The second-order valence-corrected chi connectivity index (χ2v) is 5.01. The fourth-order valence-corrected chi connectivity index (χ4v) is 2.99. The Morgan fingerprint density at radius 3 is 2.80 bits per heavy atom. The van der Waals surface area contributed by atoms with E-state index in [1.165, 1.54) is 0 Å². The molecular formula is C9H14ClN3OS. The molecule has 0 unspecified atom stereocenters. The predicted octanol–water partition coefficient (Wildman–Crippen LogP) is 0.676. The molecule has 1 saturated heterocycles. The van der Waals surface area contributed by atoms with Gasteiger partial charge in [0, 0.05) is 18.9 Å².